The number of benzene rings is 1. The fourth-order valence-corrected chi connectivity index (χ4v) is 3.40. The molecule has 3 aromatic rings. The number of carbonyl (C=O) groups is 2. The zero-order valence-corrected chi connectivity index (χ0v) is 18.6. The summed E-state index contributed by atoms with van der Waals surface area (Å²) in [5.74, 6) is -0.432. The fourth-order valence-electron chi connectivity index (χ4n) is 3.40. The average molecular weight is 459 g/mol. The van der Waals surface area contributed by atoms with Crippen LogP contribution >= 0.6 is 0 Å². The van der Waals surface area contributed by atoms with E-state index in [9.17, 15) is 22.8 Å². The van der Waals surface area contributed by atoms with Gasteiger partial charge in [-0.2, -0.15) is 18.3 Å². The lowest BCUT2D eigenvalue weighted by Gasteiger charge is -2.19. The highest BCUT2D eigenvalue weighted by molar-refractivity contribution is 5.95. The van der Waals surface area contributed by atoms with Crippen molar-refractivity contribution in [1.29, 1.82) is 0 Å². The van der Waals surface area contributed by atoms with E-state index in [4.69, 9.17) is 0 Å². The Labute approximate surface area is 189 Å². The normalized spacial score (nSPS) is 11.5. The molecule has 174 valence electrons. The maximum Gasteiger partial charge on any atom is 0.417 e. The first-order chi connectivity index (χ1) is 15.5. The molecule has 0 aliphatic rings. The molecule has 0 fully saturated rings. The molecule has 2 aromatic heterocycles. The van der Waals surface area contributed by atoms with Gasteiger partial charge in [0.15, 0.2) is 5.82 Å². The van der Waals surface area contributed by atoms with Gasteiger partial charge in [-0.25, -0.2) is 9.67 Å². The van der Waals surface area contributed by atoms with Crippen LogP contribution in [0.2, 0.25) is 0 Å². The second kappa shape index (κ2) is 9.43. The summed E-state index contributed by atoms with van der Waals surface area (Å²) in [5, 5.41) is 6.78. The molecule has 0 aliphatic carbocycles. The van der Waals surface area contributed by atoms with Crippen molar-refractivity contribution in [2.45, 2.75) is 32.5 Å². The van der Waals surface area contributed by atoms with Gasteiger partial charge in [0.1, 0.15) is 0 Å². The standard InChI is InChI=1S/C23H24F3N5O2/c1-14(2)20-18(12-29-31(20)19-10-9-17(11-28-19)23(24,25)26)22(33)30(4)13-15-5-7-16(8-6-15)21(32)27-3/h5-12,14H,13H2,1-4H3,(H,27,32). The van der Waals surface area contributed by atoms with Gasteiger partial charge in [-0.3, -0.25) is 9.59 Å². The number of alkyl halides is 3. The van der Waals surface area contributed by atoms with Crippen LogP contribution in [0, 0.1) is 0 Å². The minimum Gasteiger partial charge on any atom is -0.355 e. The molecule has 0 unspecified atom stereocenters. The van der Waals surface area contributed by atoms with Gasteiger partial charge in [-0.05, 0) is 35.7 Å². The monoisotopic (exact) mass is 459 g/mol. The van der Waals surface area contributed by atoms with E-state index in [0.717, 1.165) is 17.8 Å². The topological polar surface area (TPSA) is 80.1 Å². The van der Waals surface area contributed by atoms with E-state index in [2.05, 4.69) is 15.4 Å². The van der Waals surface area contributed by atoms with Gasteiger partial charge in [0.05, 0.1) is 23.0 Å². The van der Waals surface area contributed by atoms with Crippen LogP contribution in [0.4, 0.5) is 13.2 Å². The Hall–Kier alpha value is -3.69. The Morgan fingerprint density at radius 2 is 1.76 bits per heavy atom. The summed E-state index contributed by atoms with van der Waals surface area (Å²) in [5.41, 5.74) is 1.39. The van der Waals surface area contributed by atoms with Gasteiger partial charge >= 0.3 is 6.18 Å². The summed E-state index contributed by atoms with van der Waals surface area (Å²) < 4.78 is 40.0. The van der Waals surface area contributed by atoms with E-state index < -0.39 is 11.7 Å². The summed E-state index contributed by atoms with van der Waals surface area (Å²) in [4.78, 5) is 30.3. The van der Waals surface area contributed by atoms with Crippen molar-refractivity contribution in [3.05, 3.63) is 76.7 Å². The van der Waals surface area contributed by atoms with E-state index in [1.807, 2.05) is 13.8 Å². The molecule has 1 N–H and O–H groups in total. The zero-order valence-electron chi connectivity index (χ0n) is 18.6. The molecule has 0 spiro atoms. The van der Waals surface area contributed by atoms with E-state index in [0.29, 0.717) is 23.4 Å². The first-order valence-electron chi connectivity index (χ1n) is 10.2. The molecule has 3 rings (SSSR count). The van der Waals surface area contributed by atoms with Gasteiger partial charge in [-0.15, -0.1) is 0 Å². The van der Waals surface area contributed by atoms with Crippen LogP contribution in [0.25, 0.3) is 5.82 Å². The van der Waals surface area contributed by atoms with E-state index >= 15 is 0 Å². The summed E-state index contributed by atoms with van der Waals surface area (Å²) in [7, 11) is 3.20. The maximum absolute atomic E-state index is 13.2. The molecule has 2 amide bonds. The van der Waals surface area contributed by atoms with E-state index in [1.54, 1.807) is 38.4 Å². The van der Waals surface area contributed by atoms with Crippen molar-refractivity contribution in [3.63, 3.8) is 0 Å². The lowest BCUT2D eigenvalue weighted by Crippen LogP contribution is -2.27. The van der Waals surface area contributed by atoms with E-state index in [1.165, 1.54) is 21.8 Å². The number of rotatable bonds is 6. The number of nitrogens with one attached hydrogen (secondary N) is 1. The lowest BCUT2D eigenvalue weighted by molar-refractivity contribution is -0.137. The molecule has 0 saturated heterocycles. The molecule has 0 aliphatic heterocycles. The smallest absolute Gasteiger partial charge is 0.355 e. The van der Waals surface area contributed by atoms with Gasteiger partial charge in [0.2, 0.25) is 0 Å². The Morgan fingerprint density at radius 3 is 2.27 bits per heavy atom. The van der Waals surface area contributed by atoms with Gasteiger partial charge < -0.3 is 10.2 Å². The number of halogens is 3. The van der Waals surface area contributed by atoms with Crippen LogP contribution in [0.15, 0.2) is 48.8 Å². The maximum atomic E-state index is 13.2. The van der Waals surface area contributed by atoms with Crippen LogP contribution < -0.4 is 5.32 Å². The van der Waals surface area contributed by atoms with Crippen LogP contribution in [0.3, 0.4) is 0 Å². The van der Waals surface area contributed by atoms with Gasteiger partial charge in [0, 0.05) is 32.4 Å². The second-order valence-electron chi connectivity index (χ2n) is 7.85. The van der Waals surface area contributed by atoms with Crippen LogP contribution in [0.5, 0.6) is 0 Å². The number of nitrogens with zero attached hydrogens (tertiary/aromatic N) is 4. The first-order valence-corrected chi connectivity index (χ1v) is 10.2. The zero-order chi connectivity index (χ0) is 24.3. The largest absolute Gasteiger partial charge is 0.417 e. The van der Waals surface area contributed by atoms with Crippen molar-refractivity contribution >= 4 is 11.8 Å². The van der Waals surface area contributed by atoms with Crippen molar-refractivity contribution in [1.82, 2.24) is 25.0 Å². The average Bonchev–Trinajstić information content (AvgIpc) is 3.23. The number of pyridine rings is 1. The molecular weight excluding hydrogens is 435 g/mol. The summed E-state index contributed by atoms with van der Waals surface area (Å²) in [6.45, 7) is 4.03. The molecule has 33 heavy (non-hydrogen) atoms. The number of carbonyl (C=O) groups excluding carboxylic acids is 2. The molecular formula is C23H24F3N5O2. The summed E-state index contributed by atoms with van der Waals surface area (Å²) in [6.07, 6.45) is -2.34. The Balaban J connectivity index is 1.84. The van der Waals surface area contributed by atoms with Crippen molar-refractivity contribution in [2.24, 2.45) is 0 Å². The number of hydrogen-bond acceptors (Lipinski definition) is 4. The second-order valence-corrected chi connectivity index (χ2v) is 7.85. The molecule has 0 atom stereocenters. The summed E-state index contributed by atoms with van der Waals surface area (Å²) in [6, 6.07) is 9.07. The number of hydrogen-bond donors (Lipinski definition) is 1. The van der Waals surface area contributed by atoms with Gasteiger partial charge in [-0.1, -0.05) is 26.0 Å². The SMILES string of the molecule is CNC(=O)c1ccc(CN(C)C(=O)c2cnn(-c3ccc(C(F)(F)F)cn3)c2C(C)C)cc1. The molecule has 0 saturated carbocycles. The lowest BCUT2D eigenvalue weighted by atomic mass is 10.0. The minimum atomic E-state index is -4.49. The molecule has 2 heterocycles. The highest BCUT2D eigenvalue weighted by Crippen LogP contribution is 2.29. The number of aromatic nitrogens is 3. The predicted octanol–water partition coefficient (Wildman–Crippen LogP) is 4.04. The molecule has 0 bridgehead atoms. The molecule has 7 nitrogen and oxygen atoms in total. The highest BCUT2D eigenvalue weighted by Gasteiger charge is 2.31. The van der Waals surface area contributed by atoms with Crippen molar-refractivity contribution < 1.29 is 22.8 Å². The Bertz CT molecular complexity index is 1140. The third-order valence-corrected chi connectivity index (χ3v) is 5.09. The van der Waals surface area contributed by atoms with Crippen LogP contribution in [-0.2, 0) is 12.7 Å². The van der Waals surface area contributed by atoms with Crippen molar-refractivity contribution in [3.8, 4) is 5.82 Å². The molecule has 1 aromatic carbocycles. The third-order valence-electron chi connectivity index (χ3n) is 5.09. The van der Waals surface area contributed by atoms with E-state index in [-0.39, 0.29) is 23.6 Å². The first kappa shape index (κ1) is 24.0. The highest BCUT2D eigenvalue weighted by atomic mass is 19.4. The Morgan fingerprint density at radius 1 is 1.09 bits per heavy atom. The Kier molecular flexibility index (Phi) is 6.85. The fraction of sp³-hybridized carbons (Fsp3) is 0.304. The minimum absolute atomic E-state index is 0.143. The predicted molar refractivity (Wildman–Crippen MR) is 116 cm³/mol. The van der Waals surface area contributed by atoms with Crippen LogP contribution in [-0.4, -0.2) is 45.6 Å². The van der Waals surface area contributed by atoms with Crippen molar-refractivity contribution in [2.75, 3.05) is 14.1 Å². The molecule has 0 radical (unpaired) electrons. The number of amides is 2. The van der Waals surface area contributed by atoms with Gasteiger partial charge in [0.25, 0.3) is 11.8 Å². The summed E-state index contributed by atoms with van der Waals surface area (Å²) >= 11 is 0. The van der Waals surface area contributed by atoms with Crippen LogP contribution in [0.1, 0.15) is 57.3 Å². The molecule has 10 heteroatoms. The quantitative estimate of drug-likeness (QED) is 0.603. The third kappa shape index (κ3) is 5.21.